The summed E-state index contributed by atoms with van der Waals surface area (Å²) in [5.74, 6) is -0.204. The first-order valence-electron chi connectivity index (χ1n) is 11.7. The molecule has 1 aromatic carbocycles. The number of aryl methyl sites for hydroxylation is 1. The summed E-state index contributed by atoms with van der Waals surface area (Å²) in [4.78, 5) is 9.34. The molecule has 3 rings (SSSR count). The maximum atomic E-state index is 11.9. The molecule has 1 aliphatic rings. The SMILES string of the molecule is CCN(CC)c1nc(C)c(N=Nc2cc(S(=O)(=O)O)ccc2S(=O)(=O)O)c(NC2=CC(C)C(S(=O)(=O)O)C=C2)n1. The van der Waals surface area contributed by atoms with Gasteiger partial charge < -0.3 is 10.2 Å². The largest absolute Gasteiger partial charge is 0.341 e. The fourth-order valence-corrected chi connectivity index (χ4v) is 5.87. The highest BCUT2D eigenvalue weighted by atomic mass is 32.2. The van der Waals surface area contributed by atoms with E-state index in [0.717, 1.165) is 18.2 Å². The Bertz CT molecular complexity index is 1720. The highest BCUT2D eigenvalue weighted by molar-refractivity contribution is 7.86. The number of allylic oxidation sites excluding steroid dienone is 2. The number of nitrogens with zero attached hydrogens (tertiary/aromatic N) is 5. The maximum Gasteiger partial charge on any atom is 0.296 e. The smallest absolute Gasteiger partial charge is 0.296 e. The van der Waals surface area contributed by atoms with Gasteiger partial charge in [0.1, 0.15) is 21.5 Å². The molecule has 2 atom stereocenters. The van der Waals surface area contributed by atoms with Crippen LogP contribution in [-0.4, -0.2) is 67.2 Å². The summed E-state index contributed by atoms with van der Waals surface area (Å²) in [5, 5.41) is 9.74. The summed E-state index contributed by atoms with van der Waals surface area (Å²) in [6.45, 7) is 8.08. The topological polar surface area (TPSA) is 229 Å². The quantitative estimate of drug-likeness (QED) is 0.222. The number of rotatable bonds is 10. The number of anilines is 2. The summed E-state index contributed by atoms with van der Waals surface area (Å²) >= 11 is 0. The second-order valence-electron chi connectivity index (χ2n) is 8.70. The van der Waals surface area contributed by atoms with E-state index in [1.165, 1.54) is 12.2 Å². The van der Waals surface area contributed by atoms with Gasteiger partial charge in [-0.3, -0.25) is 13.7 Å². The van der Waals surface area contributed by atoms with Crippen LogP contribution in [0.15, 0.2) is 62.1 Å². The summed E-state index contributed by atoms with van der Waals surface area (Å²) in [6.07, 6.45) is 4.29. The second-order valence-corrected chi connectivity index (χ2v) is 13.1. The van der Waals surface area contributed by atoms with E-state index in [4.69, 9.17) is 0 Å². The summed E-state index contributed by atoms with van der Waals surface area (Å²) in [6, 6.07) is 2.25. The molecule has 0 amide bonds. The van der Waals surface area contributed by atoms with Crippen molar-refractivity contribution in [3.8, 4) is 0 Å². The molecule has 0 aliphatic heterocycles. The minimum atomic E-state index is -4.86. The van der Waals surface area contributed by atoms with Gasteiger partial charge in [-0.2, -0.15) is 30.2 Å². The van der Waals surface area contributed by atoms with Crippen LogP contribution in [0.5, 0.6) is 0 Å². The van der Waals surface area contributed by atoms with Gasteiger partial charge in [-0.15, -0.1) is 10.2 Å². The van der Waals surface area contributed by atoms with Gasteiger partial charge in [-0.25, -0.2) is 4.98 Å². The van der Waals surface area contributed by atoms with Crippen LogP contribution < -0.4 is 10.2 Å². The van der Waals surface area contributed by atoms with Gasteiger partial charge in [-0.05, 0) is 51.0 Å². The standard InChI is InChI=1S/C22H28N6O9S3/c1-5-28(6-2)22-23-14(4)20(21(25-22)24-15-7-9-18(13(3)11-15)39(32,33)34)27-26-17-12-16(38(29,30)31)8-10-19(17)40(35,36)37/h7-13,18H,5-6H2,1-4H3,(H,23,24,25)(H,29,30,31)(H,32,33,34)(H,35,36,37). The van der Waals surface area contributed by atoms with Gasteiger partial charge in [0.05, 0.1) is 10.6 Å². The lowest BCUT2D eigenvalue weighted by atomic mass is 10.0. The summed E-state index contributed by atoms with van der Waals surface area (Å²) in [7, 11) is -13.9. The van der Waals surface area contributed by atoms with E-state index >= 15 is 0 Å². The highest BCUT2D eigenvalue weighted by Crippen LogP contribution is 2.35. The maximum absolute atomic E-state index is 11.9. The zero-order chi connectivity index (χ0) is 30.0. The van der Waals surface area contributed by atoms with Gasteiger partial charge in [0.15, 0.2) is 5.82 Å². The average Bonchev–Trinajstić information content (AvgIpc) is 2.82. The Balaban J connectivity index is 2.16. The van der Waals surface area contributed by atoms with Crippen molar-refractivity contribution in [1.82, 2.24) is 9.97 Å². The van der Waals surface area contributed by atoms with Crippen molar-refractivity contribution in [3.05, 3.63) is 47.8 Å². The van der Waals surface area contributed by atoms with Crippen molar-refractivity contribution in [2.75, 3.05) is 23.3 Å². The van der Waals surface area contributed by atoms with Crippen LogP contribution in [0.1, 0.15) is 26.5 Å². The van der Waals surface area contributed by atoms with Crippen LogP contribution in [0, 0.1) is 12.8 Å². The van der Waals surface area contributed by atoms with Gasteiger partial charge in [0, 0.05) is 18.8 Å². The molecule has 2 aromatic rings. The molecular formula is C22H28N6O9S3. The Labute approximate surface area is 232 Å². The first-order valence-corrected chi connectivity index (χ1v) is 16.1. The molecule has 1 aromatic heterocycles. The zero-order valence-electron chi connectivity index (χ0n) is 21.8. The van der Waals surface area contributed by atoms with Crippen molar-refractivity contribution in [3.63, 3.8) is 0 Å². The molecule has 18 heteroatoms. The molecule has 0 saturated carbocycles. The van der Waals surface area contributed by atoms with E-state index in [2.05, 4.69) is 25.5 Å². The molecule has 40 heavy (non-hydrogen) atoms. The van der Waals surface area contributed by atoms with E-state index in [1.54, 1.807) is 19.9 Å². The molecule has 0 spiro atoms. The van der Waals surface area contributed by atoms with Crippen molar-refractivity contribution in [2.24, 2.45) is 16.1 Å². The van der Waals surface area contributed by atoms with Crippen LogP contribution in [-0.2, 0) is 30.4 Å². The molecule has 218 valence electrons. The van der Waals surface area contributed by atoms with Crippen LogP contribution in [0.3, 0.4) is 0 Å². The Hall–Kier alpha value is -3.29. The first kappa shape index (κ1) is 31.2. The number of hydrogen-bond acceptors (Lipinski definition) is 12. The van der Waals surface area contributed by atoms with Crippen molar-refractivity contribution in [1.29, 1.82) is 0 Å². The Kier molecular flexibility index (Phi) is 9.12. The number of azo groups is 1. The molecule has 0 saturated heterocycles. The molecule has 0 bridgehead atoms. The third kappa shape index (κ3) is 7.26. The highest BCUT2D eigenvalue weighted by Gasteiger charge is 2.28. The molecule has 4 N–H and O–H groups in total. The average molecular weight is 617 g/mol. The predicted molar refractivity (Wildman–Crippen MR) is 146 cm³/mol. The minimum absolute atomic E-state index is 0.00769. The number of aromatic nitrogens is 2. The van der Waals surface area contributed by atoms with Gasteiger partial charge in [0.25, 0.3) is 30.4 Å². The normalized spacial score (nSPS) is 18.1. The Morgan fingerprint density at radius 3 is 2.15 bits per heavy atom. The fourth-order valence-electron chi connectivity index (χ4n) is 3.86. The monoisotopic (exact) mass is 616 g/mol. The fraction of sp³-hybridized carbons (Fsp3) is 0.364. The lowest BCUT2D eigenvalue weighted by Gasteiger charge is -2.23. The van der Waals surface area contributed by atoms with E-state index in [1.807, 2.05) is 18.7 Å². The predicted octanol–water partition coefficient (Wildman–Crippen LogP) is 3.30. The van der Waals surface area contributed by atoms with Gasteiger partial charge in [-0.1, -0.05) is 19.1 Å². The number of hydrogen-bond donors (Lipinski definition) is 4. The minimum Gasteiger partial charge on any atom is -0.341 e. The van der Waals surface area contributed by atoms with Crippen molar-refractivity contribution < 1.29 is 38.9 Å². The molecule has 0 radical (unpaired) electrons. The number of benzene rings is 1. The molecule has 2 unspecified atom stereocenters. The first-order chi connectivity index (χ1) is 18.5. The molecule has 0 fully saturated rings. The van der Waals surface area contributed by atoms with E-state index < -0.39 is 57.0 Å². The van der Waals surface area contributed by atoms with Crippen LogP contribution in [0.2, 0.25) is 0 Å². The van der Waals surface area contributed by atoms with E-state index in [0.29, 0.717) is 24.7 Å². The lowest BCUT2D eigenvalue weighted by Crippen LogP contribution is -2.27. The van der Waals surface area contributed by atoms with E-state index in [9.17, 15) is 38.9 Å². The third-order valence-electron chi connectivity index (χ3n) is 5.89. The molecular weight excluding hydrogens is 588 g/mol. The lowest BCUT2D eigenvalue weighted by molar-refractivity contribution is 0.463. The zero-order valence-corrected chi connectivity index (χ0v) is 24.2. The Morgan fingerprint density at radius 1 is 0.975 bits per heavy atom. The van der Waals surface area contributed by atoms with Crippen LogP contribution in [0.4, 0.5) is 23.1 Å². The van der Waals surface area contributed by atoms with Crippen LogP contribution >= 0.6 is 0 Å². The van der Waals surface area contributed by atoms with Gasteiger partial charge in [0.2, 0.25) is 5.95 Å². The summed E-state index contributed by atoms with van der Waals surface area (Å²) in [5.41, 5.74) is 0.108. The second kappa shape index (κ2) is 11.7. The van der Waals surface area contributed by atoms with Crippen LogP contribution in [0.25, 0.3) is 0 Å². The van der Waals surface area contributed by atoms with Crippen molar-refractivity contribution in [2.45, 2.75) is 42.7 Å². The molecule has 1 aliphatic carbocycles. The van der Waals surface area contributed by atoms with Gasteiger partial charge >= 0.3 is 0 Å². The Morgan fingerprint density at radius 2 is 1.62 bits per heavy atom. The molecule has 1 heterocycles. The number of nitrogens with one attached hydrogen (secondary N) is 1. The summed E-state index contributed by atoms with van der Waals surface area (Å²) < 4.78 is 98.6. The van der Waals surface area contributed by atoms with Crippen molar-refractivity contribution >= 4 is 53.5 Å². The molecule has 15 nitrogen and oxygen atoms in total. The third-order valence-corrected chi connectivity index (χ3v) is 8.91. The van der Waals surface area contributed by atoms with E-state index in [-0.39, 0.29) is 17.2 Å².